The number of hydrogen-bond donors (Lipinski definition) is 0. The van der Waals surface area contributed by atoms with Crippen LogP contribution in [0.25, 0.3) is 0 Å². The molecule has 0 radical (unpaired) electrons. The smallest absolute Gasteiger partial charge is 0.283 e. The number of hydrogen-bond acceptors (Lipinski definition) is 4. The Morgan fingerprint density at radius 3 is 2.45 bits per heavy atom. The summed E-state index contributed by atoms with van der Waals surface area (Å²) in [5.41, 5.74) is 1.54. The van der Waals surface area contributed by atoms with Crippen LogP contribution in [-0.4, -0.2) is 41.9 Å². The van der Waals surface area contributed by atoms with Crippen LogP contribution in [0.4, 0.5) is 10.1 Å². The number of likely N-dealkylation sites (tertiary alicyclic amines) is 1. The molecule has 33 heavy (non-hydrogen) atoms. The minimum Gasteiger partial charge on any atom is -0.339 e. The highest BCUT2D eigenvalue weighted by molar-refractivity contribution is 7.92. The highest BCUT2D eigenvalue weighted by Crippen LogP contribution is 2.27. The predicted octanol–water partition coefficient (Wildman–Crippen LogP) is 3.83. The quantitative estimate of drug-likeness (QED) is 0.549. The molecule has 174 valence electrons. The fraction of sp³-hybridized carbons (Fsp3) is 0.333. The van der Waals surface area contributed by atoms with E-state index in [1.165, 1.54) is 29.0 Å². The summed E-state index contributed by atoms with van der Waals surface area (Å²) in [5.74, 6) is 0.0234. The maximum atomic E-state index is 13.4. The molecule has 1 fully saturated rings. The van der Waals surface area contributed by atoms with Crippen molar-refractivity contribution in [1.82, 2.24) is 14.5 Å². The number of amides is 1. The van der Waals surface area contributed by atoms with Crippen molar-refractivity contribution in [2.75, 3.05) is 17.4 Å². The van der Waals surface area contributed by atoms with Crippen LogP contribution in [0.15, 0.2) is 66.1 Å². The molecule has 0 N–H and O–H groups in total. The Labute approximate surface area is 193 Å². The summed E-state index contributed by atoms with van der Waals surface area (Å²) in [6, 6.07) is 12.3. The average molecular weight is 471 g/mol. The van der Waals surface area contributed by atoms with Gasteiger partial charge in [-0.15, -0.1) is 0 Å². The van der Waals surface area contributed by atoms with Crippen molar-refractivity contribution in [2.45, 2.75) is 31.3 Å². The van der Waals surface area contributed by atoms with Crippen LogP contribution in [0.5, 0.6) is 0 Å². The SMILES string of the molecule is CC1CCCN(C(=O)c2ccc(N(Cc3ccc(F)cc3)S(=O)(=O)c3cn(C)cn3)cc2)C1. The summed E-state index contributed by atoms with van der Waals surface area (Å²) in [6.07, 6.45) is 4.96. The predicted molar refractivity (Wildman–Crippen MR) is 124 cm³/mol. The Hall–Kier alpha value is -3.20. The van der Waals surface area contributed by atoms with Crippen LogP contribution in [0, 0.1) is 11.7 Å². The van der Waals surface area contributed by atoms with Gasteiger partial charge in [-0.25, -0.2) is 9.37 Å². The van der Waals surface area contributed by atoms with E-state index in [9.17, 15) is 17.6 Å². The Balaban J connectivity index is 1.65. The van der Waals surface area contributed by atoms with Crippen molar-refractivity contribution < 1.29 is 17.6 Å². The van der Waals surface area contributed by atoms with Crippen molar-refractivity contribution in [3.63, 3.8) is 0 Å². The zero-order valence-corrected chi connectivity index (χ0v) is 19.5. The first-order valence-electron chi connectivity index (χ1n) is 10.9. The number of piperidine rings is 1. The number of sulfonamides is 1. The van der Waals surface area contributed by atoms with Gasteiger partial charge in [0.05, 0.1) is 18.6 Å². The third kappa shape index (κ3) is 5.08. The molecule has 1 aromatic heterocycles. The molecular weight excluding hydrogens is 443 g/mol. The number of benzene rings is 2. The van der Waals surface area contributed by atoms with Crippen LogP contribution >= 0.6 is 0 Å². The highest BCUT2D eigenvalue weighted by atomic mass is 32.2. The lowest BCUT2D eigenvalue weighted by Gasteiger charge is -2.31. The highest BCUT2D eigenvalue weighted by Gasteiger charge is 2.28. The van der Waals surface area contributed by atoms with Crippen LogP contribution in [-0.2, 0) is 23.6 Å². The summed E-state index contributed by atoms with van der Waals surface area (Å²) in [6.45, 7) is 3.59. The van der Waals surface area contributed by atoms with Gasteiger partial charge in [-0.3, -0.25) is 9.10 Å². The first-order valence-corrected chi connectivity index (χ1v) is 12.3. The van der Waals surface area contributed by atoms with Crippen LogP contribution < -0.4 is 4.31 Å². The molecule has 1 amide bonds. The molecule has 1 atom stereocenters. The van der Waals surface area contributed by atoms with Crippen molar-refractivity contribution in [3.05, 3.63) is 78.0 Å². The Morgan fingerprint density at radius 1 is 1.15 bits per heavy atom. The van der Waals surface area contributed by atoms with E-state index in [0.717, 1.165) is 25.9 Å². The zero-order chi connectivity index (χ0) is 23.6. The lowest BCUT2D eigenvalue weighted by Crippen LogP contribution is -2.39. The summed E-state index contributed by atoms with van der Waals surface area (Å²) >= 11 is 0. The number of rotatable bonds is 6. The number of anilines is 1. The summed E-state index contributed by atoms with van der Waals surface area (Å²) in [5, 5.41) is -0.0884. The molecule has 0 saturated carbocycles. The molecule has 1 unspecified atom stereocenters. The maximum Gasteiger partial charge on any atom is 0.283 e. The zero-order valence-electron chi connectivity index (χ0n) is 18.7. The van der Waals surface area contributed by atoms with E-state index in [2.05, 4.69) is 11.9 Å². The van der Waals surface area contributed by atoms with E-state index in [4.69, 9.17) is 0 Å². The second kappa shape index (κ2) is 9.35. The van der Waals surface area contributed by atoms with Crippen LogP contribution in [0.3, 0.4) is 0 Å². The molecule has 4 rings (SSSR count). The number of nitrogens with zero attached hydrogens (tertiary/aromatic N) is 4. The van der Waals surface area contributed by atoms with Gasteiger partial charge >= 0.3 is 0 Å². The normalized spacial score (nSPS) is 16.6. The second-order valence-electron chi connectivity index (χ2n) is 8.56. The molecule has 2 aromatic carbocycles. The fourth-order valence-corrected chi connectivity index (χ4v) is 5.46. The second-order valence-corrected chi connectivity index (χ2v) is 10.4. The van der Waals surface area contributed by atoms with Crippen molar-refractivity contribution in [3.8, 4) is 0 Å². The summed E-state index contributed by atoms with van der Waals surface area (Å²) in [4.78, 5) is 18.8. The molecule has 3 aromatic rings. The van der Waals surface area contributed by atoms with Crippen LogP contribution in [0.1, 0.15) is 35.7 Å². The first kappa shape index (κ1) is 23.0. The van der Waals surface area contributed by atoms with Gasteiger partial charge in [0.25, 0.3) is 15.9 Å². The molecule has 0 bridgehead atoms. The topological polar surface area (TPSA) is 75.5 Å². The molecule has 1 aliphatic rings. The van der Waals surface area contributed by atoms with Gasteiger partial charge in [0.2, 0.25) is 0 Å². The molecular formula is C24H27FN4O3S. The lowest BCUT2D eigenvalue weighted by atomic mass is 9.99. The van der Waals surface area contributed by atoms with Gasteiger partial charge in [-0.2, -0.15) is 8.42 Å². The molecule has 1 aliphatic heterocycles. The number of imidazole rings is 1. The number of halogens is 1. The molecule has 0 aliphatic carbocycles. The number of carbonyl (C=O) groups is 1. The average Bonchev–Trinajstić information content (AvgIpc) is 3.25. The Kier molecular flexibility index (Phi) is 6.51. The minimum absolute atomic E-state index is 0.00385. The van der Waals surface area contributed by atoms with Gasteiger partial charge in [0, 0.05) is 31.9 Å². The van der Waals surface area contributed by atoms with E-state index in [-0.39, 0.29) is 17.5 Å². The van der Waals surface area contributed by atoms with E-state index in [0.29, 0.717) is 22.7 Å². The third-order valence-electron chi connectivity index (χ3n) is 5.82. The maximum absolute atomic E-state index is 13.4. The van der Waals surface area contributed by atoms with Gasteiger partial charge in [0.1, 0.15) is 5.82 Å². The minimum atomic E-state index is -3.99. The monoisotopic (exact) mass is 470 g/mol. The Bertz CT molecular complexity index is 1220. The van der Waals surface area contributed by atoms with E-state index < -0.39 is 15.8 Å². The van der Waals surface area contributed by atoms with Gasteiger partial charge in [-0.1, -0.05) is 19.1 Å². The Morgan fingerprint density at radius 2 is 1.85 bits per heavy atom. The molecule has 0 spiro atoms. The largest absolute Gasteiger partial charge is 0.339 e. The number of aromatic nitrogens is 2. The standard InChI is InChI=1S/C24H27FN4O3S/c1-18-4-3-13-28(14-18)24(30)20-7-11-22(12-8-20)29(15-19-5-9-21(25)10-6-19)33(31,32)23-16-27(2)17-26-23/h5-12,16-18H,3-4,13-15H2,1-2H3. The lowest BCUT2D eigenvalue weighted by molar-refractivity contribution is 0.0683. The van der Waals surface area contributed by atoms with E-state index in [1.54, 1.807) is 48.0 Å². The summed E-state index contributed by atoms with van der Waals surface area (Å²) in [7, 11) is -2.30. The fourth-order valence-electron chi connectivity index (χ4n) is 4.03. The van der Waals surface area contributed by atoms with Gasteiger partial charge in [0.15, 0.2) is 5.03 Å². The van der Waals surface area contributed by atoms with E-state index in [1.807, 2.05) is 4.90 Å². The van der Waals surface area contributed by atoms with Gasteiger partial charge in [-0.05, 0) is 60.7 Å². The van der Waals surface area contributed by atoms with Crippen molar-refractivity contribution >= 4 is 21.6 Å². The first-order chi connectivity index (χ1) is 15.7. The molecule has 1 saturated heterocycles. The van der Waals surface area contributed by atoms with Crippen molar-refractivity contribution in [1.29, 1.82) is 0 Å². The number of carbonyl (C=O) groups excluding carboxylic acids is 1. The molecule has 7 nitrogen and oxygen atoms in total. The number of aryl methyl sites for hydroxylation is 1. The van der Waals surface area contributed by atoms with Crippen molar-refractivity contribution in [2.24, 2.45) is 13.0 Å². The third-order valence-corrected chi connectivity index (χ3v) is 7.48. The molecule has 2 heterocycles. The van der Waals surface area contributed by atoms with E-state index >= 15 is 0 Å². The summed E-state index contributed by atoms with van der Waals surface area (Å²) < 4.78 is 43.0. The molecule has 9 heteroatoms. The van der Waals surface area contributed by atoms with Crippen LogP contribution in [0.2, 0.25) is 0 Å². The van der Waals surface area contributed by atoms with Gasteiger partial charge < -0.3 is 9.47 Å².